The molecule has 0 bridgehead atoms. The Labute approximate surface area is 205 Å². The minimum atomic E-state index is -3.01. The van der Waals surface area contributed by atoms with Crippen LogP contribution in [0.4, 0.5) is 22.9 Å². The maximum absolute atomic E-state index is 12.3. The van der Waals surface area contributed by atoms with Crippen LogP contribution in [0.2, 0.25) is 0 Å². The van der Waals surface area contributed by atoms with E-state index in [1.807, 2.05) is 36.7 Å². The molecule has 0 spiro atoms. The fourth-order valence-electron chi connectivity index (χ4n) is 5.34. The Balaban J connectivity index is 1.19. The third-order valence-corrected chi connectivity index (χ3v) is 9.47. The second kappa shape index (κ2) is 8.71. The van der Waals surface area contributed by atoms with Gasteiger partial charge >= 0.3 is 0 Å². The first-order valence-corrected chi connectivity index (χ1v) is 13.9. The Kier molecular flexibility index (Phi) is 5.51. The zero-order valence-corrected chi connectivity index (χ0v) is 20.6. The highest BCUT2D eigenvalue weighted by Crippen LogP contribution is 2.37. The molecule has 9 heteroatoms. The third kappa shape index (κ3) is 4.18. The van der Waals surface area contributed by atoms with Crippen LogP contribution in [0.15, 0.2) is 42.7 Å². The number of nitrogens with one attached hydrogen (secondary N) is 2. The Bertz CT molecular complexity index is 1370. The first-order valence-electron chi connectivity index (χ1n) is 12.2. The number of aromatic nitrogens is 2. The molecule has 3 aliphatic heterocycles. The van der Waals surface area contributed by atoms with E-state index in [0.717, 1.165) is 66.5 Å². The molecule has 0 amide bonds. The Morgan fingerprint density at radius 3 is 2.80 bits per heavy atom. The monoisotopic (exact) mass is 491 g/mol. The molecule has 3 aliphatic rings. The van der Waals surface area contributed by atoms with Crippen molar-refractivity contribution in [1.82, 2.24) is 9.97 Å². The van der Waals surface area contributed by atoms with Crippen molar-refractivity contribution in [2.75, 3.05) is 41.0 Å². The molecule has 182 valence electrons. The summed E-state index contributed by atoms with van der Waals surface area (Å²) in [6.07, 6.45) is 6.25. The number of nitrogens with zero attached hydrogens (tertiary/aromatic N) is 3. The molecule has 0 aliphatic carbocycles. The summed E-state index contributed by atoms with van der Waals surface area (Å²) in [6, 6.07) is 9.82. The molecule has 1 unspecified atom stereocenters. The average Bonchev–Trinajstić information content (AvgIpc) is 3.23. The van der Waals surface area contributed by atoms with E-state index >= 15 is 0 Å². The van der Waals surface area contributed by atoms with Crippen molar-refractivity contribution in [3.05, 3.63) is 65.0 Å². The van der Waals surface area contributed by atoms with Crippen molar-refractivity contribution in [3.63, 3.8) is 0 Å². The molecule has 0 radical (unpaired) electrons. The third-order valence-electron chi connectivity index (χ3n) is 7.24. The van der Waals surface area contributed by atoms with Crippen molar-refractivity contribution in [2.24, 2.45) is 0 Å². The number of rotatable bonds is 4. The van der Waals surface area contributed by atoms with Gasteiger partial charge in [-0.05, 0) is 61.1 Å². The predicted molar refractivity (Wildman–Crippen MR) is 137 cm³/mol. The highest BCUT2D eigenvalue weighted by molar-refractivity contribution is 7.91. The van der Waals surface area contributed by atoms with Gasteiger partial charge in [-0.1, -0.05) is 12.1 Å². The summed E-state index contributed by atoms with van der Waals surface area (Å²) in [7, 11) is -3.01. The summed E-state index contributed by atoms with van der Waals surface area (Å²) in [5.74, 6) is 1.75. The lowest BCUT2D eigenvalue weighted by Gasteiger charge is -2.33. The van der Waals surface area contributed by atoms with E-state index in [1.165, 1.54) is 11.1 Å². The fraction of sp³-hybridized carbons (Fsp3) is 0.385. The quantitative estimate of drug-likeness (QED) is 0.562. The van der Waals surface area contributed by atoms with Gasteiger partial charge in [0.25, 0.3) is 0 Å². The van der Waals surface area contributed by atoms with Gasteiger partial charge in [0.05, 0.1) is 22.9 Å². The average molecular weight is 492 g/mol. The van der Waals surface area contributed by atoms with Crippen LogP contribution in [0.25, 0.3) is 0 Å². The Hall–Kier alpha value is -3.33. The molecule has 1 atom stereocenters. The number of anilines is 4. The molecular formula is C26H29N5O3S. The fourth-order valence-corrected chi connectivity index (χ4v) is 7.29. The van der Waals surface area contributed by atoms with Gasteiger partial charge in [0, 0.05) is 37.1 Å². The minimum absolute atomic E-state index is 0.291. The normalized spacial score (nSPS) is 20.4. The molecule has 6 rings (SSSR count). The predicted octanol–water partition coefficient (Wildman–Crippen LogP) is 4.15. The van der Waals surface area contributed by atoms with Gasteiger partial charge in [-0.25, -0.2) is 18.4 Å². The topological polar surface area (TPSA) is 96.5 Å². The first kappa shape index (κ1) is 22.2. The molecule has 1 fully saturated rings. The minimum Gasteiger partial charge on any atom is -0.474 e. The molecular weight excluding hydrogens is 462 g/mol. The number of fused-ring (bicyclic) bond motifs is 2. The van der Waals surface area contributed by atoms with E-state index in [-0.39, 0.29) is 5.25 Å². The summed E-state index contributed by atoms with van der Waals surface area (Å²) < 4.78 is 30.2. The largest absolute Gasteiger partial charge is 0.474 e. The Morgan fingerprint density at radius 2 is 2.00 bits per heavy atom. The van der Waals surface area contributed by atoms with Gasteiger partial charge in [0.2, 0.25) is 5.88 Å². The molecule has 35 heavy (non-hydrogen) atoms. The van der Waals surface area contributed by atoms with Crippen LogP contribution in [0, 0.1) is 6.92 Å². The van der Waals surface area contributed by atoms with E-state index in [2.05, 4.69) is 38.5 Å². The summed E-state index contributed by atoms with van der Waals surface area (Å²) in [5.41, 5.74) is 7.54. The Morgan fingerprint density at radius 1 is 1.14 bits per heavy atom. The zero-order chi connectivity index (χ0) is 24.0. The lowest BCUT2D eigenvalue weighted by atomic mass is 10.0. The second-order valence-electron chi connectivity index (χ2n) is 9.48. The highest BCUT2D eigenvalue weighted by atomic mass is 32.2. The van der Waals surface area contributed by atoms with E-state index in [9.17, 15) is 8.42 Å². The van der Waals surface area contributed by atoms with Crippen molar-refractivity contribution >= 4 is 32.7 Å². The molecule has 2 aromatic heterocycles. The van der Waals surface area contributed by atoms with E-state index in [4.69, 9.17) is 4.74 Å². The van der Waals surface area contributed by atoms with E-state index < -0.39 is 9.84 Å². The number of hydrogen-bond donors (Lipinski definition) is 2. The number of ether oxygens (including phenoxy) is 1. The maximum atomic E-state index is 12.3. The number of hydrogen-bond acceptors (Lipinski definition) is 8. The standard InChI is InChI=1S/C26H29N5O3S/c1-17-22(15-29-26-25(17)27-9-11-34-26)31-10-8-19-14-28-24(13-20(19)16-31)30-21-6-4-18(5-7-21)23-3-2-12-35(23,32)33/h4-7,13-15,23,27H,2-3,8-12,16H2,1H3,(H,28,30). The number of benzene rings is 1. The van der Waals surface area contributed by atoms with Crippen LogP contribution in [0.5, 0.6) is 5.88 Å². The molecule has 1 saturated heterocycles. The molecule has 3 aromatic rings. The molecule has 1 aromatic carbocycles. The van der Waals surface area contributed by atoms with Crippen molar-refractivity contribution in [3.8, 4) is 5.88 Å². The number of sulfone groups is 1. The SMILES string of the molecule is Cc1c(N2CCc3cnc(Nc4ccc(C5CCCS5(=O)=O)cc4)cc3C2)cnc2c1NCCO2. The van der Waals surface area contributed by atoms with Gasteiger partial charge in [-0.15, -0.1) is 0 Å². The van der Waals surface area contributed by atoms with Crippen molar-refractivity contribution < 1.29 is 13.2 Å². The molecule has 8 nitrogen and oxygen atoms in total. The van der Waals surface area contributed by atoms with Crippen molar-refractivity contribution in [1.29, 1.82) is 0 Å². The van der Waals surface area contributed by atoms with Crippen LogP contribution in [-0.4, -0.2) is 43.8 Å². The highest BCUT2D eigenvalue weighted by Gasteiger charge is 2.32. The van der Waals surface area contributed by atoms with Crippen LogP contribution in [-0.2, 0) is 22.8 Å². The summed E-state index contributed by atoms with van der Waals surface area (Å²) in [5, 5.41) is 6.44. The molecule has 0 saturated carbocycles. The van der Waals surface area contributed by atoms with Gasteiger partial charge < -0.3 is 20.3 Å². The van der Waals surface area contributed by atoms with Crippen LogP contribution < -0.4 is 20.3 Å². The summed E-state index contributed by atoms with van der Waals surface area (Å²) in [4.78, 5) is 11.5. The first-order chi connectivity index (χ1) is 17.0. The second-order valence-corrected chi connectivity index (χ2v) is 11.8. The van der Waals surface area contributed by atoms with Crippen LogP contribution >= 0.6 is 0 Å². The molecule has 5 heterocycles. The summed E-state index contributed by atoms with van der Waals surface area (Å²) in [6.45, 7) is 5.25. The molecule has 2 N–H and O–H groups in total. The summed E-state index contributed by atoms with van der Waals surface area (Å²) >= 11 is 0. The van der Waals surface area contributed by atoms with Crippen LogP contribution in [0.3, 0.4) is 0 Å². The maximum Gasteiger partial charge on any atom is 0.237 e. The van der Waals surface area contributed by atoms with Crippen molar-refractivity contribution in [2.45, 2.75) is 38.0 Å². The van der Waals surface area contributed by atoms with Crippen LogP contribution in [0.1, 0.15) is 40.3 Å². The van der Waals surface area contributed by atoms with E-state index in [1.54, 1.807) is 0 Å². The number of pyridine rings is 2. The lowest BCUT2D eigenvalue weighted by molar-refractivity contribution is 0.310. The van der Waals surface area contributed by atoms with Gasteiger partial charge in [-0.3, -0.25) is 0 Å². The van der Waals surface area contributed by atoms with Gasteiger partial charge in [0.15, 0.2) is 9.84 Å². The van der Waals surface area contributed by atoms with E-state index in [0.29, 0.717) is 24.7 Å². The zero-order valence-electron chi connectivity index (χ0n) is 19.8. The lowest BCUT2D eigenvalue weighted by Crippen LogP contribution is -2.32. The van der Waals surface area contributed by atoms with Gasteiger partial charge in [0.1, 0.15) is 18.1 Å². The smallest absolute Gasteiger partial charge is 0.237 e. The van der Waals surface area contributed by atoms with Gasteiger partial charge in [-0.2, -0.15) is 0 Å².